The van der Waals surface area contributed by atoms with E-state index in [-0.39, 0.29) is 29.6 Å². The van der Waals surface area contributed by atoms with Crippen molar-refractivity contribution in [3.8, 4) is 5.75 Å². The third-order valence-electron chi connectivity index (χ3n) is 3.20. The number of rotatable bonds is 3. The number of carbonyl (C=O) groups is 1. The first-order valence-corrected chi connectivity index (χ1v) is 7.89. The van der Waals surface area contributed by atoms with Crippen LogP contribution in [0.15, 0.2) is 23.7 Å². The Labute approximate surface area is 123 Å². The second kappa shape index (κ2) is 5.19. The molecule has 0 aliphatic carbocycles. The molecule has 1 aromatic heterocycles. The standard InChI is InChI=1S/C13H18N2O5S/c1-5-13(3)8-20-11-9(21(17,18)14-13)7-15(4)10(11)12(16)19-6-2/h5,7,14H,1,6,8H2,2-4H3. The molecule has 0 aromatic carbocycles. The highest BCUT2D eigenvalue weighted by Crippen LogP contribution is 2.34. The third-order valence-corrected chi connectivity index (χ3v) is 4.80. The normalized spacial score (nSPS) is 23.6. The van der Waals surface area contributed by atoms with Gasteiger partial charge in [0.2, 0.25) is 10.0 Å². The molecule has 1 aliphatic heterocycles. The number of nitrogens with zero attached hydrogens (tertiary/aromatic N) is 1. The molecule has 116 valence electrons. The molecule has 0 fully saturated rings. The quantitative estimate of drug-likeness (QED) is 0.659. The lowest BCUT2D eigenvalue weighted by Gasteiger charge is -2.23. The smallest absolute Gasteiger partial charge is 0.358 e. The van der Waals surface area contributed by atoms with Crippen LogP contribution in [0.3, 0.4) is 0 Å². The van der Waals surface area contributed by atoms with Gasteiger partial charge in [-0.1, -0.05) is 6.08 Å². The minimum atomic E-state index is -3.82. The summed E-state index contributed by atoms with van der Waals surface area (Å²) in [6.07, 6.45) is 2.79. The van der Waals surface area contributed by atoms with Crippen molar-refractivity contribution in [3.63, 3.8) is 0 Å². The van der Waals surface area contributed by atoms with Crippen LogP contribution < -0.4 is 9.46 Å². The van der Waals surface area contributed by atoms with E-state index in [1.165, 1.54) is 16.8 Å². The molecule has 21 heavy (non-hydrogen) atoms. The summed E-state index contributed by atoms with van der Waals surface area (Å²) in [4.78, 5) is 11.9. The fraction of sp³-hybridized carbons (Fsp3) is 0.462. The first-order valence-electron chi connectivity index (χ1n) is 6.41. The lowest BCUT2D eigenvalue weighted by atomic mass is 10.1. The molecule has 0 saturated carbocycles. The van der Waals surface area contributed by atoms with Crippen LogP contribution in [0.2, 0.25) is 0 Å². The van der Waals surface area contributed by atoms with Crippen LogP contribution in [0.4, 0.5) is 0 Å². The van der Waals surface area contributed by atoms with Crippen molar-refractivity contribution in [1.29, 1.82) is 0 Å². The van der Waals surface area contributed by atoms with Gasteiger partial charge in [0.15, 0.2) is 11.4 Å². The zero-order valence-corrected chi connectivity index (χ0v) is 13.0. The van der Waals surface area contributed by atoms with Gasteiger partial charge in [0.25, 0.3) is 0 Å². The molecule has 2 rings (SSSR count). The van der Waals surface area contributed by atoms with E-state index < -0.39 is 21.5 Å². The molecule has 2 heterocycles. The van der Waals surface area contributed by atoms with Gasteiger partial charge in [0.05, 0.1) is 12.1 Å². The molecule has 1 N–H and O–H groups in total. The molecular weight excluding hydrogens is 296 g/mol. The molecule has 0 bridgehead atoms. The fourth-order valence-electron chi connectivity index (χ4n) is 2.06. The summed E-state index contributed by atoms with van der Waals surface area (Å²) in [6.45, 7) is 7.15. The average molecular weight is 314 g/mol. The Hall–Kier alpha value is -1.80. The monoisotopic (exact) mass is 314 g/mol. The first-order chi connectivity index (χ1) is 9.74. The van der Waals surface area contributed by atoms with Crippen molar-refractivity contribution >= 4 is 16.0 Å². The minimum absolute atomic E-state index is 0.00836. The third kappa shape index (κ3) is 2.68. The van der Waals surface area contributed by atoms with E-state index in [0.717, 1.165) is 0 Å². The molecule has 1 atom stereocenters. The van der Waals surface area contributed by atoms with Crippen molar-refractivity contribution in [2.45, 2.75) is 24.3 Å². The summed E-state index contributed by atoms with van der Waals surface area (Å²) in [5, 5.41) is 0. The highest BCUT2D eigenvalue weighted by atomic mass is 32.2. The molecule has 0 amide bonds. The Morgan fingerprint density at radius 3 is 2.90 bits per heavy atom. The predicted molar refractivity (Wildman–Crippen MR) is 75.8 cm³/mol. The van der Waals surface area contributed by atoms with Crippen LogP contribution in [0.5, 0.6) is 5.75 Å². The Bertz CT molecular complexity index is 692. The molecule has 0 spiro atoms. The average Bonchev–Trinajstić information content (AvgIpc) is 2.69. The maximum atomic E-state index is 12.4. The molecule has 1 aliphatic rings. The van der Waals surface area contributed by atoms with Crippen molar-refractivity contribution in [2.24, 2.45) is 7.05 Å². The summed E-state index contributed by atoms with van der Waals surface area (Å²) < 4.78 is 39.2. The summed E-state index contributed by atoms with van der Waals surface area (Å²) in [6, 6.07) is 0. The Kier molecular flexibility index (Phi) is 3.85. The van der Waals surface area contributed by atoms with E-state index in [2.05, 4.69) is 11.3 Å². The van der Waals surface area contributed by atoms with Gasteiger partial charge < -0.3 is 14.0 Å². The van der Waals surface area contributed by atoms with Gasteiger partial charge >= 0.3 is 5.97 Å². The maximum Gasteiger partial charge on any atom is 0.358 e. The summed E-state index contributed by atoms with van der Waals surface area (Å²) in [5.74, 6) is -0.618. The zero-order valence-electron chi connectivity index (χ0n) is 12.2. The molecule has 0 saturated heterocycles. The minimum Gasteiger partial charge on any atom is -0.487 e. The van der Waals surface area contributed by atoms with E-state index in [4.69, 9.17) is 9.47 Å². The number of hydrogen-bond donors (Lipinski definition) is 1. The number of hydrogen-bond acceptors (Lipinski definition) is 5. The lowest BCUT2D eigenvalue weighted by molar-refractivity contribution is 0.0509. The van der Waals surface area contributed by atoms with Gasteiger partial charge in [-0.3, -0.25) is 0 Å². The van der Waals surface area contributed by atoms with Gasteiger partial charge in [-0.05, 0) is 13.8 Å². The van der Waals surface area contributed by atoms with Crippen molar-refractivity contribution in [2.75, 3.05) is 13.2 Å². The van der Waals surface area contributed by atoms with E-state index >= 15 is 0 Å². The first kappa shape index (κ1) is 15.6. The van der Waals surface area contributed by atoms with Crippen LogP contribution in [0, 0.1) is 0 Å². The molecule has 1 unspecified atom stereocenters. The Balaban J connectivity index is 2.59. The largest absolute Gasteiger partial charge is 0.487 e. The number of fused-ring (bicyclic) bond motifs is 1. The van der Waals surface area contributed by atoms with Crippen LogP contribution in [-0.4, -0.2) is 37.7 Å². The zero-order chi connectivity index (χ0) is 15.8. The van der Waals surface area contributed by atoms with Crippen LogP contribution >= 0.6 is 0 Å². The molecule has 0 radical (unpaired) electrons. The highest BCUT2D eigenvalue weighted by Gasteiger charge is 2.38. The molecule has 7 nitrogen and oxygen atoms in total. The van der Waals surface area contributed by atoms with Gasteiger partial charge in [0.1, 0.15) is 11.5 Å². The fourth-order valence-corrected chi connectivity index (χ4v) is 3.62. The SMILES string of the molecule is C=CC1(C)COc2c(cn(C)c2C(=O)OCC)S(=O)(=O)N1. The highest BCUT2D eigenvalue weighted by molar-refractivity contribution is 7.89. The maximum absolute atomic E-state index is 12.4. The van der Waals surface area contributed by atoms with Crippen LogP contribution in [-0.2, 0) is 21.8 Å². The summed E-state index contributed by atoms with van der Waals surface area (Å²) in [5.41, 5.74) is -0.874. The number of nitrogens with one attached hydrogen (secondary N) is 1. The number of sulfonamides is 1. The predicted octanol–water partition coefficient (Wildman–Crippen LogP) is 0.817. The van der Waals surface area contributed by atoms with Gasteiger partial charge in [-0.2, -0.15) is 4.72 Å². The molecule has 1 aromatic rings. The Morgan fingerprint density at radius 2 is 2.33 bits per heavy atom. The van der Waals surface area contributed by atoms with E-state index in [9.17, 15) is 13.2 Å². The Morgan fingerprint density at radius 1 is 1.67 bits per heavy atom. The van der Waals surface area contributed by atoms with Gasteiger partial charge in [-0.15, -0.1) is 6.58 Å². The van der Waals surface area contributed by atoms with Crippen LogP contribution in [0.25, 0.3) is 0 Å². The number of aromatic nitrogens is 1. The molecular formula is C13H18N2O5S. The summed E-state index contributed by atoms with van der Waals surface area (Å²) >= 11 is 0. The van der Waals surface area contributed by atoms with Crippen molar-refractivity contribution in [3.05, 3.63) is 24.5 Å². The number of ether oxygens (including phenoxy) is 2. The van der Waals surface area contributed by atoms with Crippen LogP contribution in [0.1, 0.15) is 24.3 Å². The van der Waals surface area contributed by atoms with E-state index in [0.29, 0.717) is 0 Å². The van der Waals surface area contributed by atoms with E-state index in [1.54, 1.807) is 20.9 Å². The number of carbonyl (C=O) groups excluding carboxylic acids is 1. The lowest BCUT2D eigenvalue weighted by Crippen LogP contribution is -2.46. The second-order valence-electron chi connectivity index (χ2n) is 5.02. The topological polar surface area (TPSA) is 86.6 Å². The number of esters is 1. The summed E-state index contributed by atoms with van der Waals surface area (Å²) in [7, 11) is -2.26. The van der Waals surface area contributed by atoms with Crippen molar-refractivity contribution < 1.29 is 22.7 Å². The van der Waals surface area contributed by atoms with E-state index in [1.807, 2.05) is 0 Å². The number of aryl methyl sites for hydroxylation is 1. The van der Waals surface area contributed by atoms with Gasteiger partial charge in [-0.25, -0.2) is 13.2 Å². The second-order valence-corrected chi connectivity index (χ2v) is 6.67. The molecule has 8 heteroatoms. The van der Waals surface area contributed by atoms with Gasteiger partial charge in [0, 0.05) is 13.2 Å². The van der Waals surface area contributed by atoms with Crippen molar-refractivity contribution in [1.82, 2.24) is 9.29 Å².